The molecule has 2 aliphatic carbocycles. The minimum Gasteiger partial charge on any atom is -0.399 e. The average Bonchev–Trinajstić information content (AvgIpc) is 2.32. The molecule has 2 heteroatoms. The lowest BCUT2D eigenvalue weighted by atomic mass is 9.50. The van der Waals surface area contributed by atoms with Crippen LogP contribution in [0.1, 0.15) is 62.4 Å². The van der Waals surface area contributed by atoms with Gasteiger partial charge in [0.1, 0.15) is 0 Å². The van der Waals surface area contributed by atoms with Crippen LogP contribution in [0, 0.1) is 11.3 Å². The van der Waals surface area contributed by atoms with Crippen molar-refractivity contribution in [2.75, 3.05) is 5.73 Å². The molecule has 2 N–H and O–H groups in total. The van der Waals surface area contributed by atoms with Crippen molar-refractivity contribution in [2.45, 2.75) is 51.9 Å². The first kappa shape index (κ1) is 12.7. The highest BCUT2D eigenvalue weighted by Gasteiger charge is 2.51. The van der Waals surface area contributed by atoms with Crippen LogP contribution < -0.4 is 5.73 Å². The summed E-state index contributed by atoms with van der Waals surface area (Å²) in [7, 11) is 0. The molecule has 19 heavy (non-hydrogen) atoms. The highest BCUT2D eigenvalue weighted by molar-refractivity contribution is 6.00. The molecule has 0 saturated heterocycles. The molecule has 1 aromatic rings. The van der Waals surface area contributed by atoms with E-state index in [0.717, 1.165) is 5.56 Å². The van der Waals surface area contributed by atoms with Gasteiger partial charge in [0.05, 0.1) is 0 Å². The van der Waals surface area contributed by atoms with Crippen molar-refractivity contribution in [1.29, 1.82) is 0 Å². The number of hydrogen-bond donors (Lipinski definition) is 1. The largest absolute Gasteiger partial charge is 0.399 e. The van der Waals surface area contributed by atoms with Gasteiger partial charge in [-0.15, -0.1) is 0 Å². The number of ketones is 1. The normalized spacial score (nSPS) is 32.6. The molecular formula is C17H23NO. The lowest BCUT2D eigenvalue weighted by Crippen LogP contribution is -2.49. The first-order valence-electron chi connectivity index (χ1n) is 7.28. The van der Waals surface area contributed by atoms with Crippen LogP contribution in [0.15, 0.2) is 18.2 Å². The lowest BCUT2D eigenvalue weighted by molar-refractivity contribution is 0.0369. The van der Waals surface area contributed by atoms with Gasteiger partial charge in [0.15, 0.2) is 5.78 Å². The number of anilines is 1. The maximum Gasteiger partial charge on any atom is 0.163 e. The van der Waals surface area contributed by atoms with Gasteiger partial charge in [0.2, 0.25) is 0 Å². The van der Waals surface area contributed by atoms with E-state index in [4.69, 9.17) is 5.73 Å². The quantitative estimate of drug-likeness (QED) is 0.715. The first-order chi connectivity index (χ1) is 8.84. The summed E-state index contributed by atoms with van der Waals surface area (Å²) in [6.07, 6.45) is 4.34. The van der Waals surface area contributed by atoms with E-state index in [1.165, 1.54) is 24.8 Å². The fraction of sp³-hybridized carbons (Fsp3) is 0.588. The third-order valence-corrected chi connectivity index (χ3v) is 5.58. The van der Waals surface area contributed by atoms with E-state index in [1.54, 1.807) is 0 Å². The van der Waals surface area contributed by atoms with Crippen LogP contribution in [0.25, 0.3) is 0 Å². The summed E-state index contributed by atoms with van der Waals surface area (Å²) < 4.78 is 0. The van der Waals surface area contributed by atoms with Crippen molar-refractivity contribution in [3.05, 3.63) is 29.3 Å². The Balaban J connectivity index is 2.19. The van der Waals surface area contributed by atoms with Gasteiger partial charge in [-0.25, -0.2) is 0 Å². The molecule has 1 fully saturated rings. The molecular weight excluding hydrogens is 234 g/mol. The number of carbonyl (C=O) groups excluding carboxylic acids is 1. The molecule has 0 aromatic heterocycles. The minimum absolute atomic E-state index is 0.138. The zero-order valence-electron chi connectivity index (χ0n) is 12.1. The Morgan fingerprint density at radius 2 is 1.95 bits per heavy atom. The van der Waals surface area contributed by atoms with Crippen LogP contribution in [0.5, 0.6) is 0 Å². The Labute approximate surface area is 115 Å². The second kappa shape index (κ2) is 3.84. The van der Waals surface area contributed by atoms with E-state index < -0.39 is 0 Å². The second-order valence-electron chi connectivity index (χ2n) is 7.24. The van der Waals surface area contributed by atoms with E-state index in [9.17, 15) is 4.79 Å². The summed E-state index contributed by atoms with van der Waals surface area (Å²) in [6, 6.07) is 5.91. The van der Waals surface area contributed by atoms with Gasteiger partial charge in [0.25, 0.3) is 0 Å². The third kappa shape index (κ3) is 1.73. The molecule has 0 bridgehead atoms. The van der Waals surface area contributed by atoms with Gasteiger partial charge in [-0.1, -0.05) is 33.3 Å². The first-order valence-corrected chi connectivity index (χ1v) is 7.28. The molecule has 0 amide bonds. The predicted molar refractivity (Wildman–Crippen MR) is 78.3 cm³/mol. The summed E-state index contributed by atoms with van der Waals surface area (Å²) in [6.45, 7) is 7.00. The maximum atomic E-state index is 12.5. The summed E-state index contributed by atoms with van der Waals surface area (Å²) in [5.41, 5.74) is 9.05. The molecule has 2 aliphatic rings. The predicted octanol–water partition coefficient (Wildman–Crippen LogP) is 3.94. The van der Waals surface area contributed by atoms with Crippen molar-refractivity contribution in [3.8, 4) is 0 Å². The second-order valence-corrected chi connectivity index (χ2v) is 7.24. The molecule has 2 nitrogen and oxygen atoms in total. The fourth-order valence-corrected chi connectivity index (χ4v) is 4.53. The fourth-order valence-electron chi connectivity index (χ4n) is 4.53. The standard InChI is InChI=1S/C17H23NO/c1-16(2)7-4-8-17(3)13-6-5-11(18)9-12(13)14(19)10-15(16)17/h5-6,9,15H,4,7-8,10,18H2,1-3H3/t15-,17+/m0/s1. The average molecular weight is 257 g/mol. The molecule has 2 atom stereocenters. The van der Waals surface area contributed by atoms with E-state index in [-0.39, 0.29) is 16.6 Å². The van der Waals surface area contributed by atoms with Crippen LogP contribution in [0.3, 0.4) is 0 Å². The topological polar surface area (TPSA) is 43.1 Å². The molecule has 0 heterocycles. The highest BCUT2D eigenvalue weighted by atomic mass is 16.1. The monoisotopic (exact) mass is 257 g/mol. The number of carbonyl (C=O) groups is 1. The Morgan fingerprint density at radius 1 is 1.21 bits per heavy atom. The number of fused-ring (bicyclic) bond motifs is 3. The van der Waals surface area contributed by atoms with Gasteiger partial charge in [-0.3, -0.25) is 4.79 Å². The van der Waals surface area contributed by atoms with E-state index in [0.29, 0.717) is 18.0 Å². The number of hydrogen-bond acceptors (Lipinski definition) is 2. The number of Topliss-reactive ketones (excluding diaryl/α,β-unsaturated/α-hetero) is 1. The van der Waals surface area contributed by atoms with Crippen LogP contribution in [-0.4, -0.2) is 5.78 Å². The number of nitrogen functional groups attached to an aromatic ring is 1. The van der Waals surface area contributed by atoms with Crippen LogP contribution in [0.2, 0.25) is 0 Å². The molecule has 0 aliphatic heterocycles. The Bertz CT molecular complexity index is 546. The minimum atomic E-state index is 0.138. The van der Waals surface area contributed by atoms with Gasteiger partial charge in [0, 0.05) is 17.7 Å². The molecule has 102 valence electrons. The number of rotatable bonds is 0. The van der Waals surface area contributed by atoms with Gasteiger partial charge < -0.3 is 5.73 Å². The smallest absolute Gasteiger partial charge is 0.163 e. The summed E-state index contributed by atoms with van der Waals surface area (Å²) >= 11 is 0. The zero-order chi connectivity index (χ0) is 13.8. The van der Waals surface area contributed by atoms with Crippen molar-refractivity contribution in [1.82, 2.24) is 0 Å². The van der Waals surface area contributed by atoms with E-state index in [1.807, 2.05) is 12.1 Å². The Kier molecular flexibility index (Phi) is 2.57. The van der Waals surface area contributed by atoms with Crippen molar-refractivity contribution < 1.29 is 4.79 Å². The summed E-state index contributed by atoms with van der Waals surface area (Å²) in [5.74, 6) is 0.733. The number of benzene rings is 1. The van der Waals surface area contributed by atoms with Crippen LogP contribution >= 0.6 is 0 Å². The number of nitrogens with two attached hydrogens (primary N) is 1. The Hall–Kier alpha value is -1.31. The maximum absolute atomic E-state index is 12.5. The molecule has 1 saturated carbocycles. The zero-order valence-corrected chi connectivity index (χ0v) is 12.1. The van der Waals surface area contributed by atoms with Gasteiger partial charge in [-0.05, 0) is 47.3 Å². The summed E-state index contributed by atoms with van der Waals surface area (Å²) in [5, 5.41) is 0. The molecule has 1 aromatic carbocycles. The molecule has 3 rings (SSSR count). The summed E-state index contributed by atoms with van der Waals surface area (Å²) in [4.78, 5) is 12.5. The third-order valence-electron chi connectivity index (χ3n) is 5.58. The molecule has 0 spiro atoms. The van der Waals surface area contributed by atoms with Crippen LogP contribution in [-0.2, 0) is 5.41 Å². The van der Waals surface area contributed by atoms with Crippen molar-refractivity contribution in [2.24, 2.45) is 11.3 Å². The van der Waals surface area contributed by atoms with Crippen LogP contribution in [0.4, 0.5) is 5.69 Å². The van der Waals surface area contributed by atoms with Crippen molar-refractivity contribution >= 4 is 11.5 Å². The lowest BCUT2D eigenvalue weighted by Gasteiger charge is -2.53. The van der Waals surface area contributed by atoms with Gasteiger partial charge in [-0.2, -0.15) is 0 Å². The molecule has 0 unspecified atom stereocenters. The molecule has 0 radical (unpaired) electrons. The SMILES string of the molecule is CC1(C)CCC[C@]2(C)c3ccc(N)cc3C(=O)C[C@@H]12. The Morgan fingerprint density at radius 3 is 2.68 bits per heavy atom. The van der Waals surface area contributed by atoms with Crippen molar-refractivity contribution in [3.63, 3.8) is 0 Å². The highest BCUT2D eigenvalue weighted by Crippen LogP contribution is 2.56. The van der Waals surface area contributed by atoms with E-state index >= 15 is 0 Å². The van der Waals surface area contributed by atoms with Gasteiger partial charge >= 0.3 is 0 Å². The van der Waals surface area contributed by atoms with E-state index in [2.05, 4.69) is 26.8 Å².